The van der Waals surface area contributed by atoms with Crippen molar-refractivity contribution in [2.24, 2.45) is 0 Å². The molecule has 96 valence electrons. The second kappa shape index (κ2) is 5.81. The van der Waals surface area contributed by atoms with Gasteiger partial charge >= 0.3 is 0 Å². The molecule has 2 rings (SSSR count). The molecule has 0 amide bonds. The normalized spacial score (nSPS) is 11.9. The fraction of sp³-hybridized carbons (Fsp3) is 0.125. The molecule has 0 saturated heterocycles. The van der Waals surface area contributed by atoms with Gasteiger partial charge in [0.15, 0.2) is 5.78 Å². The number of carbonyl (C=O) groups excluding carboxylic acids is 2. The highest BCUT2D eigenvalue weighted by Gasteiger charge is 2.20. The molecule has 0 fully saturated rings. The Morgan fingerprint density at radius 3 is 2.16 bits per heavy atom. The van der Waals surface area contributed by atoms with Gasteiger partial charge in [0.05, 0.1) is 5.92 Å². The zero-order valence-corrected chi connectivity index (χ0v) is 11.2. The van der Waals surface area contributed by atoms with Crippen LogP contribution in [0.25, 0.3) is 0 Å². The lowest BCUT2D eigenvalue weighted by Gasteiger charge is -2.12. The van der Waals surface area contributed by atoms with E-state index in [1.54, 1.807) is 43.3 Å². The Balaban J connectivity index is 2.46. The molecular formula is C16H13ClO2. The smallest absolute Gasteiger partial charge is 0.228 e. The molecule has 0 aliphatic heterocycles. The van der Waals surface area contributed by atoms with Crippen molar-refractivity contribution in [2.45, 2.75) is 12.8 Å². The first kappa shape index (κ1) is 13.5. The van der Waals surface area contributed by atoms with Crippen LogP contribution in [-0.2, 0) is 4.79 Å². The maximum absolute atomic E-state index is 12.4. The van der Waals surface area contributed by atoms with E-state index in [1.165, 1.54) is 0 Å². The summed E-state index contributed by atoms with van der Waals surface area (Å²) in [6.45, 7) is 1.70. The van der Waals surface area contributed by atoms with Gasteiger partial charge < -0.3 is 0 Å². The number of benzene rings is 2. The van der Waals surface area contributed by atoms with Crippen molar-refractivity contribution >= 4 is 22.6 Å². The zero-order chi connectivity index (χ0) is 13.8. The van der Waals surface area contributed by atoms with Crippen molar-refractivity contribution < 1.29 is 9.59 Å². The molecule has 2 aromatic rings. The summed E-state index contributed by atoms with van der Waals surface area (Å²) < 4.78 is 0. The number of hydrogen-bond acceptors (Lipinski definition) is 2. The van der Waals surface area contributed by atoms with Crippen LogP contribution in [0.1, 0.15) is 34.3 Å². The quantitative estimate of drug-likeness (QED) is 0.627. The third-order valence-electron chi connectivity index (χ3n) is 3.05. The summed E-state index contributed by atoms with van der Waals surface area (Å²) in [6, 6.07) is 16.1. The van der Waals surface area contributed by atoms with Crippen molar-refractivity contribution in [1.29, 1.82) is 0 Å². The van der Waals surface area contributed by atoms with Crippen LogP contribution in [0.2, 0.25) is 0 Å². The second-order valence-corrected chi connectivity index (χ2v) is 4.68. The SMILES string of the molecule is C[C@@H](C(=O)Cl)c1ccccc1C(=O)c1ccccc1. The van der Waals surface area contributed by atoms with Gasteiger partial charge in [0.25, 0.3) is 0 Å². The second-order valence-electron chi connectivity index (χ2n) is 4.31. The average molecular weight is 273 g/mol. The van der Waals surface area contributed by atoms with E-state index in [0.29, 0.717) is 16.7 Å². The molecule has 0 N–H and O–H groups in total. The third-order valence-corrected chi connectivity index (χ3v) is 3.38. The third kappa shape index (κ3) is 2.91. The largest absolute Gasteiger partial charge is 0.289 e. The minimum atomic E-state index is -0.495. The number of rotatable bonds is 4. The van der Waals surface area contributed by atoms with Crippen LogP contribution in [0.3, 0.4) is 0 Å². The fourth-order valence-corrected chi connectivity index (χ4v) is 2.07. The molecule has 2 nitrogen and oxygen atoms in total. The Morgan fingerprint density at radius 1 is 0.947 bits per heavy atom. The molecule has 0 aromatic heterocycles. The van der Waals surface area contributed by atoms with E-state index in [1.807, 2.05) is 18.2 Å². The topological polar surface area (TPSA) is 34.1 Å². The van der Waals surface area contributed by atoms with E-state index in [0.717, 1.165) is 0 Å². The Labute approximate surface area is 117 Å². The van der Waals surface area contributed by atoms with E-state index < -0.39 is 11.2 Å². The van der Waals surface area contributed by atoms with Crippen molar-refractivity contribution in [3.8, 4) is 0 Å². The summed E-state index contributed by atoms with van der Waals surface area (Å²) in [5.41, 5.74) is 1.79. The van der Waals surface area contributed by atoms with Gasteiger partial charge in [0, 0.05) is 11.1 Å². The summed E-state index contributed by atoms with van der Waals surface area (Å²) in [7, 11) is 0. The lowest BCUT2D eigenvalue weighted by molar-refractivity contribution is -0.112. The number of ketones is 1. The fourth-order valence-electron chi connectivity index (χ4n) is 1.95. The number of carbonyl (C=O) groups is 2. The lowest BCUT2D eigenvalue weighted by Crippen LogP contribution is -2.10. The van der Waals surface area contributed by atoms with Crippen molar-refractivity contribution in [3.63, 3.8) is 0 Å². The summed E-state index contributed by atoms with van der Waals surface area (Å²) in [6.07, 6.45) is 0. The van der Waals surface area contributed by atoms with E-state index >= 15 is 0 Å². The zero-order valence-electron chi connectivity index (χ0n) is 10.5. The van der Waals surface area contributed by atoms with Gasteiger partial charge in [0.1, 0.15) is 0 Å². The summed E-state index contributed by atoms with van der Waals surface area (Å²) >= 11 is 5.54. The van der Waals surface area contributed by atoms with Gasteiger partial charge in [-0.2, -0.15) is 0 Å². The molecule has 2 aromatic carbocycles. The van der Waals surface area contributed by atoms with Gasteiger partial charge in [-0.25, -0.2) is 0 Å². The maximum Gasteiger partial charge on any atom is 0.228 e. The average Bonchev–Trinajstić information content (AvgIpc) is 2.46. The highest BCUT2D eigenvalue weighted by atomic mass is 35.5. The summed E-state index contributed by atoms with van der Waals surface area (Å²) in [5, 5.41) is -0.465. The maximum atomic E-state index is 12.4. The van der Waals surface area contributed by atoms with E-state index in [9.17, 15) is 9.59 Å². The Kier molecular flexibility index (Phi) is 4.13. The van der Waals surface area contributed by atoms with Gasteiger partial charge in [-0.1, -0.05) is 61.5 Å². The van der Waals surface area contributed by atoms with Crippen molar-refractivity contribution in [3.05, 3.63) is 71.3 Å². The van der Waals surface area contributed by atoms with Gasteiger partial charge in [-0.15, -0.1) is 0 Å². The number of hydrogen-bond donors (Lipinski definition) is 0. The van der Waals surface area contributed by atoms with Crippen LogP contribution in [-0.4, -0.2) is 11.0 Å². The van der Waals surface area contributed by atoms with Crippen molar-refractivity contribution in [2.75, 3.05) is 0 Å². The van der Waals surface area contributed by atoms with Gasteiger partial charge in [-0.3, -0.25) is 9.59 Å². The first-order valence-electron chi connectivity index (χ1n) is 5.99. The highest BCUT2D eigenvalue weighted by molar-refractivity contribution is 6.64. The number of halogens is 1. The van der Waals surface area contributed by atoms with E-state index in [-0.39, 0.29) is 5.78 Å². The minimum absolute atomic E-state index is 0.0963. The first-order valence-corrected chi connectivity index (χ1v) is 6.37. The molecular weight excluding hydrogens is 260 g/mol. The predicted molar refractivity (Wildman–Crippen MR) is 75.6 cm³/mol. The molecule has 0 bridgehead atoms. The molecule has 3 heteroatoms. The molecule has 0 spiro atoms. The molecule has 0 aliphatic rings. The van der Waals surface area contributed by atoms with E-state index in [2.05, 4.69) is 0 Å². The standard InChI is InChI=1S/C16H13ClO2/c1-11(16(17)19)13-9-5-6-10-14(13)15(18)12-7-3-2-4-8-12/h2-11H,1H3/t11-/m1/s1. The summed E-state index contributed by atoms with van der Waals surface area (Å²) in [4.78, 5) is 23.7. The van der Waals surface area contributed by atoms with Crippen LogP contribution in [0.4, 0.5) is 0 Å². The molecule has 1 atom stereocenters. The molecule has 0 heterocycles. The van der Waals surface area contributed by atoms with Crippen LogP contribution in [0, 0.1) is 0 Å². The Hall–Kier alpha value is -1.93. The molecule has 19 heavy (non-hydrogen) atoms. The van der Waals surface area contributed by atoms with Crippen LogP contribution < -0.4 is 0 Å². The minimum Gasteiger partial charge on any atom is -0.289 e. The van der Waals surface area contributed by atoms with Gasteiger partial charge in [-0.05, 0) is 17.2 Å². The molecule has 0 saturated carbocycles. The monoisotopic (exact) mass is 272 g/mol. The Bertz CT molecular complexity index is 605. The highest BCUT2D eigenvalue weighted by Crippen LogP contribution is 2.24. The molecule has 0 radical (unpaired) electrons. The summed E-state index contributed by atoms with van der Waals surface area (Å²) in [5.74, 6) is -0.591. The first-order chi connectivity index (χ1) is 9.11. The Morgan fingerprint density at radius 2 is 1.53 bits per heavy atom. The van der Waals surface area contributed by atoms with Crippen molar-refractivity contribution in [1.82, 2.24) is 0 Å². The molecule has 0 unspecified atom stereocenters. The van der Waals surface area contributed by atoms with Crippen LogP contribution in [0.15, 0.2) is 54.6 Å². The van der Waals surface area contributed by atoms with E-state index in [4.69, 9.17) is 11.6 Å². The van der Waals surface area contributed by atoms with Crippen LogP contribution >= 0.6 is 11.6 Å². The van der Waals surface area contributed by atoms with Gasteiger partial charge in [0.2, 0.25) is 5.24 Å². The van der Waals surface area contributed by atoms with Crippen LogP contribution in [0.5, 0.6) is 0 Å². The predicted octanol–water partition coefficient (Wildman–Crippen LogP) is 3.79. The molecule has 0 aliphatic carbocycles. The lowest BCUT2D eigenvalue weighted by atomic mass is 9.92.